The van der Waals surface area contributed by atoms with Crippen LogP contribution in [0.2, 0.25) is 0 Å². The predicted octanol–water partition coefficient (Wildman–Crippen LogP) is 2.94. The molecule has 0 spiro atoms. The second-order valence-electron chi connectivity index (χ2n) is 7.98. The van der Waals surface area contributed by atoms with Gasteiger partial charge in [0.15, 0.2) is 0 Å². The standard InChI is InChI=1S/C25H26N2O6/c1-29-18-4-6-23(30-2)21(12-18)16-3-5-20-17(11-16)7-8-27-22(20)13-24(26-25(27)28)33-15-19-14-31-9-10-32-19/h3-6,11-13,19H,7-10,14-15H2,1-2H3. The van der Waals surface area contributed by atoms with Crippen LogP contribution in [-0.2, 0) is 22.4 Å². The van der Waals surface area contributed by atoms with Gasteiger partial charge in [-0.2, -0.15) is 4.98 Å². The summed E-state index contributed by atoms with van der Waals surface area (Å²) in [7, 11) is 3.31. The molecule has 8 heteroatoms. The summed E-state index contributed by atoms with van der Waals surface area (Å²) in [5.41, 5.74) is 4.62. The van der Waals surface area contributed by atoms with Crippen LogP contribution in [0.4, 0.5) is 0 Å². The van der Waals surface area contributed by atoms with E-state index in [0.717, 1.165) is 45.9 Å². The third-order valence-electron chi connectivity index (χ3n) is 5.99. The molecule has 2 aromatic carbocycles. The molecule has 0 N–H and O–H groups in total. The smallest absolute Gasteiger partial charge is 0.351 e. The Bertz CT molecular complexity index is 1220. The zero-order valence-electron chi connectivity index (χ0n) is 18.7. The van der Waals surface area contributed by atoms with Crippen LogP contribution in [0.25, 0.3) is 22.4 Å². The van der Waals surface area contributed by atoms with Crippen molar-refractivity contribution >= 4 is 0 Å². The monoisotopic (exact) mass is 450 g/mol. The van der Waals surface area contributed by atoms with Gasteiger partial charge in [0.05, 0.1) is 39.7 Å². The minimum absolute atomic E-state index is 0.160. The van der Waals surface area contributed by atoms with Gasteiger partial charge in [0.2, 0.25) is 5.88 Å². The molecule has 172 valence electrons. The summed E-state index contributed by atoms with van der Waals surface area (Å²) in [6.45, 7) is 2.46. The van der Waals surface area contributed by atoms with E-state index in [2.05, 4.69) is 11.1 Å². The molecular weight excluding hydrogens is 424 g/mol. The number of aryl methyl sites for hydroxylation is 1. The fourth-order valence-corrected chi connectivity index (χ4v) is 4.30. The van der Waals surface area contributed by atoms with Gasteiger partial charge in [-0.15, -0.1) is 0 Å². The summed E-state index contributed by atoms with van der Waals surface area (Å²) in [4.78, 5) is 16.8. The number of aromatic nitrogens is 2. The zero-order chi connectivity index (χ0) is 22.8. The quantitative estimate of drug-likeness (QED) is 0.571. The molecule has 1 unspecified atom stereocenters. The van der Waals surface area contributed by atoms with Crippen molar-refractivity contribution in [3.63, 3.8) is 0 Å². The Kier molecular flexibility index (Phi) is 6.02. The number of rotatable bonds is 6. The van der Waals surface area contributed by atoms with Gasteiger partial charge in [-0.3, -0.25) is 4.57 Å². The molecule has 8 nitrogen and oxygen atoms in total. The van der Waals surface area contributed by atoms with E-state index in [1.54, 1.807) is 18.8 Å². The lowest BCUT2D eigenvalue weighted by Crippen LogP contribution is -2.34. The molecular formula is C25H26N2O6. The lowest BCUT2D eigenvalue weighted by Gasteiger charge is -2.24. The Balaban J connectivity index is 1.47. The second-order valence-corrected chi connectivity index (χ2v) is 7.98. The highest BCUT2D eigenvalue weighted by atomic mass is 16.6. The van der Waals surface area contributed by atoms with Crippen molar-refractivity contribution in [2.24, 2.45) is 0 Å². The second kappa shape index (κ2) is 9.25. The Morgan fingerprint density at radius 1 is 1.06 bits per heavy atom. The van der Waals surface area contributed by atoms with Crippen LogP contribution < -0.4 is 19.9 Å². The van der Waals surface area contributed by atoms with Gasteiger partial charge in [0.25, 0.3) is 0 Å². The van der Waals surface area contributed by atoms with Gasteiger partial charge in [0.1, 0.15) is 24.2 Å². The lowest BCUT2D eigenvalue weighted by molar-refractivity contribution is -0.102. The normalized spacial score (nSPS) is 17.1. The minimum atomic E-state index is -0.312. The van der Waals surface area contributed by atoms with E-state index < -0.39 is 0 Å². The summed E-state index contributed by atoms with van der Waals surface area (Å²) in [5.74, 6) is 1.84. The molecule has 0 amide bonds. The molecule has 5 rings (SSSR count). The average Bonchev–Trinajstić information content (AvgIpc) is 2.87. The summed E-state index contributed by atoms with van der Waals surface area (Å²) in [6, 6.07) is 13.8. The van der Waals surface area contributed by atoms with E-state index in [4.69, 9.17) is 23.7 Å². The summed E-state index contributed by atoms with van der Waals surface area (Å²) in [6.07, 6.45) is 0.573. The maximum Gasteiger partial charge on any atom is 0.351 e. The molecule has 33 heavy (non-hydrogen) atoms. The van der Waals surface area contributed by atoms with E-state index in [9.17, 15) is 4.79 Å². The first-order valence-electron chi connectivity index (χ1n) is 11.0. The number of hydrogen-bond donors (Lipinski definition) is 0. The van der Waals surface area contributed by atoms with E-state index in [1.165, 1.54) is 0 Å². The topological polar surface area (TPSA) is 81.0 Å². The van der Waals surface area contributed by atoms with Crippen LogP contribution in [0.15, 0.2) is 47.3 Å². The first kappa shape index (κ1) is 21.5. The molecule has 0 saturated carbocycles. The van der Waals surface area contributed by atoms with Crippen molar-refractivity contribution in [2.75, 3.05) is 40.6 Å². The number of nitrogens with zero attached hydrogens (tertiary/aromatic N) is 2. The van der Waals surface area contributed by atoms with Gasteiger partial charge in [-0.1, -0.05) is 18.2 Å². The molecule has 3 aromatic rings. The largest absolute Gasteiger partial charge is 0.497 e. The highest BCUT2D eigenvalue weighted by Gasteiger charge is 2.21. The molecule has 1 saturated heterocycles. The molecule has 1 aromatic heterocycles. The van der Waals surface area contributed by atoms with Crippen LogP contribution >= 0.6 is 0 Å². The molecule has 1 atom stereocenters. The van der Waals surface area contributed by atoms with Crippen LogP contribution in [0.3, 0.4) is 0 Å². The van der Waals surface area contributed by atoms with Crippen molar-refractivity contribution in [1.29, 1.82) is 0 Å². The van der Waals surface area contributed by atoms with Crippen molar-refractivity contribution in [3.8, 4) is 39.8 Å². The number of methoxy groups -OCH3 is 2. The Labute approximate surface area is 191 Å². The maximum absolute atomic E-state index is 12.7. The van der Waals surface area contributed by atoms with Gasteiger partial charge in [-0.05, 0) is 35.7 Å². The van der Waals surface area contributed by atoms with Crippen LogP contribution in [0.1, 0.15) is 5.56 Å². The molecule has 2 aliphatic heterocycles. The van der Waals surface area contributed by atoms with Crippen LogP contribution in [0.5, 0.6) is 17.4 Å². The molecule has 0 aliphatic carbocycles. The number of hydrogen-bond acceptors (Lipinski definition) is 7. The minimum Gasteiger partial charge on any atom is -0.497 e. The molecule has 3 heterocycles. The molecule has 0 bridgehead atoms. The fraction of sp³-hybridized carbons (Fsp3) is 0.360. The molecule has 1 fully saturated rings. The Morgan fingerprint density at radius 3 is 2.76 bits per heavy atom. The summed E-state index contributed by atoms with van der Waals surface area (Å²) >= 11 is 0. The molecule has 2 aliphatic rings. The third-order valence-corrected chi connectivity index (χ3v) is 5.99. The number of benzene rings is 2. The van der Waals surface area contributed by atoms with Crippen LogP contribution in [-0.4, -0.2) is 56.3 Å². The predicted molar refractivity (Wildman–Crippen MR) is 122 cm³/mol. The van der Waals surface area contributed by atoms with E-state index in [0.29, 0.717) is 32.2 Å². The first-order chi connectivity index (χ1) is 16.2. The highest BCUT2D eigenvalue weighted by molar-refractivity contribution is 5.77. The van der Waals surface area contributed by atoms with Crippen molar-refractivity contribution in [3.05, 3.63) is 58.5 Å². The van der Waals surface area contributed by atoms with Gasteiger partial charge < -0.3 is 23.7 Å². The van der Waals surface area contributed by atoms with Gasteiger partial charge in [-0.25, -0.2) is 4.79 Å². The highest BCUT2D eigenvalue weighted by Crippen LogP contribution is 2.37. The van der Waals surface area contributed by atoms with Crippen LogP contribution in [0, 0.1) is 0 Å². The maximum atomic E-state index is 12.7. The summed E-state index contributed by atoms with van der Waals surface area (Å²) in [5, 5.41) is 0. The van der Waals surface area contributed by atoms with E-state index >= 15 is 0 Å². The first-order valence-corrected chi connectivity index (χ1v) is 11.0. The van der Waals surface area contributed by atoms with Crippen molar-refractivity contribution in [1.82, 2.24) is 9.55 Å². The zero-order valence-corrected chi connectivity index (χ0v) is 18.7. The van der Waals surface area contributed by atoms with E-state index in [-0.39, 0.29) is 18.4 Å². The van der Waals surface area contributed by atoms with E-state index in [1.807, 2.05) is 36.4 Å². The lowest BCUT2D eigenvalue weighted by atomic mass is 9.93. The fourth-order valence-electron chi connectivity index (χ4n) is 4.30. The Morgan fingerprint density at radius 2 is 1.97 bits per heavy atom. The van der Waals surface area contributed by atoms with Gasteiger partial charge in [0, 0.05) is 23.7 Å². The van der Waals surface area contributed by atoms with Gasteiger partial charge >= 0.3 is 5.69 Å². The van der Waals surface area contributed by atoms with Crippen molar-refractivity contribution < 1.29 is 23.7 Å². The Hall–Kier alpha value is -3.36. The third kappa shape index (κ3) is 4.31. The molecule has 0 radical (unpaired) electrons. The summed E-state index contributed by atoms with van der Waals surface area (Å²) < 4.78 is 29.5. The van der Waals surface area contributed by atoms with Crippen molar-refractivity contribution in [2.45, 2.75) is 19.1 Å². The average molecular weight is 450 g/mol. The number of ether oxygens (including phenoxy) is 5. The number of fused-ring (bicyclic) bond motifs is 3. The SMILES string of the molecule is COc1ccc(OC)c(-c2ccc3c(c2)CCn2c-3cc(OCC3COCCO3)nc2=O)c1.